The van der Waals surface area contributed by atoms with Crippen LogP contribution in [-0.4, -0.2) is 24.7 Å². The zero-order valence-electron chi connectivity index (χ0n) is 8.25. The number of rotatable bonds is 1. The first-order valence-corrected chi connectivity index (χ1v) is 5.34. The van der Waals surface area contributed by atoms with Gasteiger partial charge in [0.1, 0.15) is 0 Å². The highest BCUT2D eigenvalue weighted by atomic mass is 79.9. The molecule has 3 heterocycles. The Bertz CT molecular complexity index is 659. The molecule has 0 aromatic carbocycles. The van der Waals surface area contributed by atoms with E-state index in [1.165, 1.54) is 0 Å². The molecule has 3 aromatic heterocycles. The van der Waals surface area contributed by atoms with Crippen LogP contribution < -0.4 is 0 Å². The van der Waals surface area contributed by atoms with Crippen molar-refractivity contribution in [1.29, 1.82) is 0 Å². The quantitative estimate of drug-likeness (QED) is 0.680. The van der Waals surface area contributed by atoms with Gasteiger partial charge in [-0.2, -0.15) is 4.98 Å². The van der Waals surface area contributed by atoms with Crippen molar-refractivity contribution in [2.45, 2.75) is 6.92 Å². The summed E-state index contributed by atoms with van der Waals surface area (Å²) in [7, 11) is 0. The Balaban J connectivity index is 2.27. The van der Waals surface area contributed by atoms with Crippen molar-refractivity contribution in [2.75, 3.05) is 0 Å². The van der Waals surface area contributed by atoms with Crippen LogP contribution in [0.1, 0.15) is 5.89 Å². The summed E-state index contributed by atoms with van der Waals surface area (Å²) in [4.78, 5) is 4.12. The van der Waals surface area contributed by atoms with Gasteiger partial charge in [-0.05, 0) is 28.1 Å². The summed E-state index contributed by atoms with van der Waals surface area (Å²) >= 11 is 3.39. The van der Waals surface area contributed by atoms with Gasteiger partial charge in [0.05, 0.1) is 0 Å². The smallest absolute Gasteiger partial charge is 0.240 e. The number of aryl methyl sites for hydroxylation is 1. The summed E-state index contributed by atoms with van der Waals surface area (Å²) in [6, 6.07) is 3.75. The lowest BCUT2D eigenvalue weighted by Crippen LogP contribution is -1.90. The number of nitrogens with zero attached hydrogens (tertiary/aromatic N) is 5. The molecule has 3 rings (SSSR count). The number of aromatic nitrogens is 5. The van der Waals surface area contributed by atoms with E-state index in [1.807, 2.05) is 18.3 Å². The van der Waals surface area contributed by atoms with Crippen molar-refractivity contribution in [2.24, 2.45) is 0 Å². The molecule has 0 bridgehead atoms. The molecule has 0 spiro atoms. The molecule has 0 radical (unpaired) electrons. The number of hydrogen-bond donors (Lipinski definition) is 0. The lowest BCUT2D eigenvalue weighted by Gasteiger charge is -1.95. The van der Waals surface area contributed by atoms with E-state index in [9.17, 15) is 0 Å². The molecule has 0 saturated carbocycles. The van der Waals surface area contributed by atoms with Gasteiger partial charge in [-0.25, -0.2) is 0 Å². The Morgan fingerprint density at radius 3 is 2.94 bits per heavy atom. The van der Waals surface area contributed by atoms with Gasteiger partial charge in [-0.15, -0.1) is 10.2 Å². The third-order valence-electron chi connectivity index (χ3n) is 2.09. The summed E-state index contributed by atoms with van der Waals surface area (Å²) in [5.74, 6) is 1.50. The van der Waals surface area contributed by atoms with E-state index in [0.29, 0.717) is 17.5 Å². The molecule has 0 amide bonds. The molecule has 0 aliphatic heterocycles. The topological polar surface area (TPSA) is 69.1 Å². The molecule has 7 heteroatoms. The Hall–Kier alpha value is -1.76. The molecule has 80 valence electrons. The van der Waals surface area contributed by atoms with E-state index in [4.69, 9.17) is 4.52 Å². The van der Waals surface area contributed by atoms with E-state index in [1.54, 1.807) is 11.3 Å². The second-order valence-corrected chi connectivity index (χ2v) is 4.15. The highest BCUT2D eigenvalue weighted by Gasteiger charge is 2.13. The van der Waals surface area contributed by atoms with Crippen molar-refractivity contribution >= 4 is 21.6 Å². The van der Waals surface area contributed by atoms with Crippen molar-refractivity contribution < 1.29 is 4.52 Å². The summed E-state index contributed by atoms with van der Waals surface area (Å²) in [6.45, 7) is 1.73. The van der Waals surface area contributed by atoms with Crippen LogP contribution in [0.3, 0.4) is 0 Å². The summed E-state index contributed by atoms with van der Waals surface area (Å²) in [6.07, 6.45) is 1.86. The van der Waals surface area contributed by atoms with Crippen molar-refractivity contribution in [3.8, 4) is 11.6 Å². The highest BCUT2D eigenvalue weighted by Crippen LogP contribution is 2.17. The predicted octanol–water partition coefficient (Wildman–Crippen LogP) is 1.85. The number of hydrogen-bond acceptors (Lipinski definition) is 5. The Morgan fingerprint density at radius 1 is 1.31 bits per heavy atom. The van der Waals surface area contributed by atoms with Gasteiger partial charge in [0.15, 0.2) is 5.65 Å². The molecule has 0 atom stereocenters. The van der Waals surface area contributed by atoms with Crippen molar-refractivity contribution in [3.63, 3.8) is 0 Å². The van der Waals surface area contributed by atoms with Crippen LogP contribution in [0.5, 0.6) is 0 Å². The predicted molar refractivity (Wildman–Crippen MR) is 58.7 cm³/mol. The van der Waals surface area contributed by atoms with Gasteiger partial charge in [0, 0.05) is 17.6 Å². The van der Waals surface area contributed by atoms with E-state index in [0.717, 1.165) is 10.1 Å². The van der Waals surface area contributed by atoms with Crippen LogP contribution in [0.4, 0.5) is 0 Å². The normalized spacial score (nSPS) is 11.1. The third kappa shape index (κ3) is 1.40. The van der Waals surface area contributed by atoms with Gasteiger partial charge >= 0.3 is 0 Å². The maximum absolute atomic E-state index is 4.91. The molecule has 0 fully saturated rings. The van der Waals surface area contributed by atoms with E-state index in [-0.39, 0.29) is 0 Å². The molecule has 0 N–H and O–H groups in total. The molecular weight excluding hydrogens is 274 g/mol. The molecule has 6 nitrogen and oxygen atoms in total. The van der Waals surface area contributed by atoms with Gasteiger partial charge in [0.25, 0.3) is 0 Å². The number of fused-ring (bicyclic) bond motifs is 1. The minimum atomic E-state index is 0.433. The fraction of sp³-hybridized carbons (Fsp3) is 0.111. The molecule has 16 heavy (non-hydrogen) atoms. The molecular formula is C9H6BrN5O. The first-order valence-electron chi connectivity index (χ1n) is 4.55. The summed E-state index contributed by atoms with van der Waals surface area (Å²) < 4.78 is 7.65. The maximum Gasteiger partial charge on any atom is 0.240 e. The minimum absolute atomic E-state index is 0.433. The van der Waals surface area contributed by atoms with E-state index >= 15 is 0 Å². The summed E-state index contributed by atoms with van der Waals surface area (Å²) in [5.41, 5.74) is 0.737. The summed E-state index contributed by atoms with van der Waals surface area (Å²) in [5, 5.41) is 11.9. The van der Waals surface area contributed by atoms with E-state index < -0.39 is 0 Å². The SMILES string of the molecule is Cc1nc(-c2nnc3ccc(Br)cn23)no1. The fourth-order valence-corrected chi connectivity index (χ4v) is 1.74. The van der Waals surface area contributed by atoms with Crippen LogP contribution in [0.2, 0.25) is 0 Å². The van der Waals surface area contributed by atoms with Crippen LogP contribution in [0.25, 0.3) is 17.3 Å². The lowest BCUT2D eigenvalue weighted by atomic mass is 10.4. The second kappa shape index (κ2) is 3.38. The van der Waals surface area contributed by atoms with Crippen LogP contribution in [-0.2, 0) is 0 Å². The van der Waals surface area contributed by atoms with Gasteiger partial charge < -0.3 is 4.52 Å². The van der Waals surface area contributed by atoms with E-state index in [2.05, 4.69) is 36.3 Å². The maximum atomic E-state index is 4.91. The monoisotopic (exact) mass is 279 g/mol. The van der Waals surface area contributed by atoms with Gasteiger partial charge in [-0.3, -0.25) is 4.40 Å². The van der Waals surface area contributed by atoms with Gasteiger partial charge in [-0.1, -0.05) is 5.16 Å². The lowest BCUT2D eigenvalue weighted by molar-refractivity contribution is 0.394. The molecule has 0 unspecified atom stereocenters. The first-order chi connectivity index (χ1) is 7.74. The van der Waals surface area contributed by atoms with Crippen LogP contribution >= 0.6 is 15.9 Å². The zero-order valence-corrected chi connectivity index (χ0v) is 9.84. The fourth-order valence-electron chi connectivity index (χ4n) is 1.41. The zero-order chi connectivity index (χ0) is 11.1. The highest BCUT2D eigenvalue weighted by molar-refractivity contribution is 9.10. The number of halogens is 1. The molecule has 0 saturated heterocycles. The largest absolute Gasteiger partial charge is 0.339 e. The minimum Gasteiger partial charge on any atom is -0.339 e. The van der Waals surface area contributed by atoms with Crippen LogP contribution in [0.15, 0.2) is 27.3 Å². The standard InChI is InChI=1S/C9H6BrN5O/c1-5-11-8(14-16-5)9-13-12-7-3-2-6(10)4-15(7)9/h2-4H,1H3. The van der Waals surface area contributed by atoms with Gasteiger partial charge in [0.2, 0.25) is 17.5 Å². The van der Waals surface area contributed by atoms with Crippen molar-refractivity contribution in [1.82, 2.24) is 24.7 Å². The Kier molecular flexibility index (Phi) is 2.00. The third-order valence-corrected chi connectivity index (χ3v) is 2.56. The average molecular weight is 280 g/mol. The second-order valence-electron chi connectivity index (χ2n) is 3.24. The number of pyridine rings is 1. The molecule has 0 aliphatic carbocycles. The first kappa shape index (κ1) is 9.46. The van der Waals surface area contributed by atoms with Crippen LogP contribution in [0, 0.1) is 6.92 Å². The average Bonchev–Trinajstić information content (AvgIpc) is 2.83. The molecule has 3 aromatic rings. The Labute approximate surface area is 98.4 Å². The Morgan fingerprint density at radius 2 is 2.19 bits per heavy atom. The molecule has 0 aliphatic rings. The van der Waals surface area contributed by atoms with Crippen molar-refractivity contribution in [3.05, 3.63) is 28.7 Å².